The van der Waals surface area contributed by atoms with Gasteiger partial charge in [0.2, 0.25) is 0 Å². The molecule has 0 aromatic heterocycles. The number of rotatable bonds is 3. The maximum Gasteiger partial charge on any atom is 0.272 e. The monoisotopic (exact) mass is 418 g/mol. The van der Waals surface area contributed by atoms with Gasteiger partial charge in [-0.25, -0.2) is 5.43 Å². The number of nitrogens with one attached hydrogen (secondary N) is 1. The fraction of sp³-hybridized carbons (Fsp3) is 0. The lowest BCUT2D eigenvalue weighted by molar-refractivity contribution is 0.0954. The van der Waals surface area contributed by atoms with Gasteiger partial charge in [0.15, 0.2) is 0 Å². The molecule has 1 N–H and O–H groups in total. The first-order chi connectivity index (χ1) is 9.59. The quantitative estimate of drug-likeness (QED) is 0.449. The van der Waals surface area contributed by atoms with Gasteiger partial charge in [0.25, 0.3) is 5.91 Å². The van der Waals surface area contributed by atoms with E-state index in [2.05, 4.69) is 33.1 Å². The molecule has 3 nitrogen and oxygen atoms in total. The van der Waals surface area contributed by atoms with Crippen LogP contribution in [0.5, 0.6) is 0 Å². The lowest BCUT2D eigenvalue weighted by atomic mass is 10.2. The molecule has 0 aliphatic heterocycles. The molecule has 0 unspecified atom stereocenters. The first kappa shape index (κ1) is 15.3. The van der Waals surface area contributed by atoms with Gasteiger partial charge in [-0.15, -0.1) is 0 Å². The third kappa shape index (κ3) is 3.71. The van der Waals surface area contributed by atoms with E-state index in [0.29, 0.717) is 21.2 Å². The summed E-state index contributed by atoms with van der Waals surface area (Å²) in [6.45, 7) is 0. The molecule has 0 saturated heterocycles. The van der Waals surface area contributed by atoms with Crippen LogP contribution < -0.4 is 5.43 Å². The molecule has 0 heterocycles. The van der Waals surface area contributed by atoms with E-state index < -0.39 is 0 Å². The maximum atomic E-state index is 11.9. The zero-order chi connectivity index (χ0) is 14.5. The molecule has 0 aliphatic carbocycles. The highest BCUT2D eigenvalue weighted by Crippen LogP contribution is 2.24. The average Bonchev–Trinajstić information content (AvgIpc) is 2.44. The molecule has 20 heavy (non-hydrogen) atoms. The number of benzene rings is 2. The van der Waals surface area contributed by atoms with Gasteiger partial charge in [-0.05, 0) is 40.8 Å². The van der Waals surface area contributed by atoms with Crippen LogP contribution in [-0.2, 0) is 0 Å². The molecule has 0 saturated carbocycles. The molecule has 1 amide bonds. The summed E-state index contributed by atoms with van der Waals surface area (Å²) in [5, 5.41) is 4.74. The molecule has 6 heteroatoms. The van der Waals surface area contributed by atoms with Crippen molar-refractivity contribution in [3.05, 3.63) is 67.2 Å². The highest BCUT2D eigenvalue weighted by Gasteiger charge is 2.07. The number of hydrogen-bond acceptors (Lipinski definition) is 2. The Hall–Kier alpha value is -1.11. The lowest BCUT2D eigenvalue weighted by Crippen LogP contribution is -2.18. The number of carbonyl (C=O) groups is 1. The number of hydrazone groups is 1. The average molecular weight is 419 g/mol. The van der Waals surface area contributed by atoms with Crippen LogP contribution in [-0.4, -0.2) is 12.1 Å². The Morgan fingerprint density at radius 1 is 1.15 bits per heavy atom. The summed E-state index contributed by atoms with van der Waals surface area (Å²) >= 11 is 14.0. The highest BCUT2D eigenvalue weighted by molar-refractivity contribution is 14.1. The van der Waals surface area contributed by atoms with E-state index >= 15 is 0 Å². The summed E-state index contributed by atoms with van der Waals surface area (Å²) in [6, 6.07) is 12.5. The van der Waals surface area contributed by atoms with E-state index in [1.165, 1.54) is 6.21 Å². The van der Waals surface area contributed by atoms with Crippen LogP contribution >= 0.6 is 45.8 Å². The summed E-state index contributed by atoms with van der Waals surface area (Å²) in [5.74, 6) is -0.274. The molecule has 0 atom stereocenters. The fourth-order valence-electron chi connectivity index (χ4n) is 1.49. The maximum absolute atomic E-state index is 11.9. The first-order valence-corrected chi connectivity index (χ1v) is 7.45. The van der Waals surface area contributed by atoms with Gasteiger partial charge in [-0.3, -0.25) is 4.79 Å². The third-order valence-electron chi connectivity index (χ3n) is 2.47. The van der Waals surface area contributed by atoms with Gasteiger partial charge >= 0.3 is 0 Å². The molecule has 2 aromatic rings. The Balaban J connectivity index is 2.09. The van der Waals surface area contributed by atoms with Crippen LogP contribution in [0, 0.1) is 3.57 Å². The van der Waals surface area contributed by atoms with Crippen LogP contribution in [0.4, 0.5) is 0 Å². The van der Waals surface area contributed by atoms with Gasteiger partial charge in [-0.2, -0.15) is 5.10 Å². The van der Waals surface area contributed by atoms with Crippen LogP contribution in [0.25, 0.3) is 0 Å². The molecular formula is C14H9Cl2IN2O. The number of hydrogen-bond donors (Lipinski definition) is 1. The Kier molecular flexibility index (Phi) is 5.39. The summed E-state index contributed by atoms with van der Waals surface area (Å²) in [5.41, 5.74) is 3.67. The van der Waals surface area contributed by atoms with E-state index in [4.69, 9.17) is 23.2 Å². The third-order valence-corrected chi connectivity index (χ3v) is 4.24. The molecule has 0 bridgehead atoms. The predicted octanol–water partition coefficient (Wildman–Crippen LogP) is 4.36. The first-order valence-electron chi connectivity index (χ1n) is 5.61. The van der Waals surface area contributed by atoms with E-state index in [9.17, 15) is 4.79 Å². The minimum atomic E-state index is -0.274. The van der Waals surface area contributed by atoms with Crippen molar-refractivity contribution in [1.82, 2.24) is 5.43 Å². The van der Waals surface area contributed by atoms with Crippen molar-refractivity contribution in [2.75, 3.05) is 0 Å². The van der Waals surface area contributed by atoms with Crippen LogP contribution in [0.1, 0.15) is 15.9 Å². The van der Waals surface area contributed by atoms with Crippen LogP contribution in [0.15, 0.2) is 47.6 Å². The van der Waals surface area contributed by atoms with Crippen molar-refractivity contribution in [2.45, 2.75) is 0 Å². The second-order valence-corrected chi connectivity index (χ2v) is 5.77. The number of nitrogens with zero attached hydrogens (tertiary/aromatic N) is 1. The van der Waals surface area contributed by atoms with Crippen LogP contribution in [0.2, 0.25) is 10.0 Å². The Bertz CT molecular complexity index is 674. The molecule has 2 aromatic carbocycles. The van der Waals surface area contributed by atoms with Crippen molar-refractivity contribution >= 4 is 57.9 Å². The highest BCUT2D eigenvalue weighted by atomic mass is 127. The number of carbonyl (C=O) groups excluding carboxylic acids is 1. The van der Waals surface area contributed by atoms with E-state index in [0.717, 1.165) is 3.57 Å². The second kappa shape index (κ2) is 7.06. The fourth-order valence-corrected chi connectivity index (χ4v) is 2.48. The molecular weight excluding hydrogens is 410 g/mol. The van der Waals surface area contributed by atoms with E-state index in [-0.39, 0.29) is 5.91 Å². The zero-order valence-electron chi connectivity index (χ0n) is 10.1. The SMILES string of the molecule is O=C(NN=Cc1cccc(Cl)c1Cl)c1ccccc1I. The minimum absolute atomic E-state index is 0.274. The van der Waals surface area contributed by atoms with E-state index in [1.807, 2.05) is 12.1 Å². The Morgan fingerprint density at radius 2 is 1.90 bits per heavy atom. The minimum Gasteiger partial charge on any atom is -0.267 e. The number of amides is 1. The summed E-state index contributed by atoms with van der Waals surface area (Å²) < 4.78 is 0.860. The predicted molar refractivity (Wildman–Crippen MR) is 90.7 cm³/mol. The van der Waals surface area contributed by atoms with Crippen LogP contribution in [0.3, 0.4) is 0 Å². The molecule has 0 aliphatic rings. The number of halogens is 3. The summed E-state index contributed by atoms with van der Waals surface area (Å²) in [6.07, 6.45) is 1.46. The van der Waals surface area contributed by atoms with Gasteiger partial charge in [-0.1, -0.05) is 47.5 Å². The van der Waals surface area contributed by atoms with Gasteiger partial charge < -0.3 is 0 Å². The summed E-state index contributed by atoms with van der Waals surface area (Å²) in [7, 11) is 0. The van der Waals surface area contributed by atoms with Gasteiger partial charge in [0, 0.05) is 9.13 Å². The smallest absolute Gasteiger partial charge is 0.267 e. The lowest BCUT2D eigenvalue weighted by Gasteiger charge is -2.02. The summed E-state index contributed by atoms with van der Waals surface area (Å²) in [4.78, 5) is 11.9. The van der Waals surface area contributed by atoms with Crippen molar-refractivity contribution in [1.29, 1.82) is 0 Å². The Labute approximate surface area is 140 Å². The van der Waals surface area contributed by atoms with Crippen molar-refractivity contribution < 1.29 is 4.79 Å². The zero-order valence-corrected chi connectivity index (χ0v) is 13.8. The van der Waals surface area contributed by atoms with Crippen molar-refractivity contribution in [3.8, 4) is 0 Å². The second-order valence-electron chi connectivity index (χ2n) is 3.82. The van der Waals surface area contributed by atoms with Gasteiger partial charge in [0.1, 0.15) is 0 Å². The molecule has 2 rings (SSSR count). The standard InChI is InChI=1S/C14H9Cl2IN2O/c15-11-6-3-4-9(13(11)16)8-18-19-14(20)10-5-1-2-7-12(10)17/h1-8H,(H,19,20). The molecule has 0 radical (unpaired) electrons. The topological polar surface area (TPSA) is 41.5 Å². The molecule has 0 fully saturated rings. The van der Waals surface area contributed by atoms with E-state index in [1.54, 1.807) is 30.3 Å². The van der Waals surface area contributed by atoms with Crippen molar-refractivity contribution in [3.63, 3.8) is 0 Å². The normalized spacial score (nSPS) is 10.8. The largest absolute Gasteiger partial charge is 0.272 e. The van der Waals surface area contributed by atoms with Crippen molar-refractivity contribution in [2.24, 2.45) is 5.10 Å². The molecule has 102 valence electrons. The van der Waals surface area contributed by atoms with Gasteiger partial charge in [0.05, 0.1) is 21.8 Å². The molecule has 0 spiro atoms. The Morgan fingerprint density at radius 3 is 2.65 bits per heavy atom.